The lowest BCUT2D eigenvalue weighted by Gasteiger charge is -1.97. The predicted molar refractivity (Wildman–Crippen MR) is 61.8 cm³/mol. The van der Waals surface area contributed by atoms with Crippen LogP contribution in [0.15, 0.2) is 12.1 Å². The summed E-state index contributed by atoms with van der Waals surface area (Å²) >= 11 is 0. The molecule has 1 aromatic heterocycles. The molecule has 1 heterocycles. The van der Waals surface area contributed by atoms with Crippen LogP contribution in [0.25, 0.3) is 11.0 Å². The Morgan fingerprint density at radius 3 is 2.50 bits per heavy atom. The van der Waals surface area contributed by atoms with Crippen LogP contribution in [0.1, 0.15) is 38.1 Å². The van der Waals surface area contributed by atoms with Crippen molar-refractivity contribution in [2.45, 2.75) is 33.6 Å². The maximum Gasteiger partial charge on any atom is 0.109 e. The molecule has 0 aliphatic carbocycles. The minimum absolute atomic E-state index is 0. The molecule has 2 rings (SSSR count). The Morgan fingerprint density at radius 2 is 1.86 bits per heavy atom. The quantitative estimate of drug-likeness (QED) is 0.732. The van der Waals surface area contributed by atoms with Crippen LogP contribution in [0.4, 0.5) is 0 Å². The molecule has 0 amide bonds. The van der Waals surface area contributed by atoms with Gasteiger partial charge in [-0.2, -0.15) is 0 Å². The first-order chi connectivity index (χ1) is 6.58. The van der Waals surface area contributed by atoms with Gasteiger partial charge in [0, 0.05) is 7.34 Å². The Hall–Kier alpha value is -1.31. The smallest absolute Gasteiger partial charge is 0.109 e. The Balaban J connectivity index is 0.00000112. The van der Waals surface area contributed by atoms with Crippen LogP contribution in [-0.4, -0.2) is 9.97 Å². The van der Waals surface area contributed by atoms with E-state index in [1.807, 2.05) is 0 Å². The molecule has 2 aromatic rings. The highest BCUT2D eigenvalue weighted by molar-refractivity contribution is 5.77. The molecule has 0 fully saturated rings. The van der Waals surface area contributed by atoms with E-state index in [9.17, 15) is 0 Å². The first-order valence-corrected chi connectivity index (χ1v) is 5.05. The molecule has 0 unspecified atom stereocenters. The van der Waals surface area contributed by atoms with Gasteiger partial charge in [0.1, 0.15) is 5.82 Å². The van der Waals surface area contributed by atoms with E-state index in [1.54, 1.807) is 0 Å². The van der Waals surface area contributed by atoms with Crippen molar-refractivity contribution in [1.82, 2.24) is 9.97 Å². The summed E-state index contributed by atoms with van der Waals surface area (Å²) in [5.41, 5.74) is 4.85. The SMILES string of the molecule is Cc1cc2nc(C(C)C)[nH]c2cc1C.[HH]. The van der Waals surface area contributed by atoms with Gasteiger partial charge in [0.05, 0.1) is 11.0 Å². The summed E-state index contributed by atoms with van der Waals surface area (Å²) in [5.74, 6) is 1.54. The van der Waals surface area contributed by atoms with E-state index < -0.39 is 0 Å². The van der Waals surface area contributed by atoms with Crippen molar-refractivity contribution < 1.29 is 1.43 Å². The number of benzene rings is 1. The summed E-state index contributed by atoms with van der Waals surface area (Å²) in [5, 5.41) is 0. The van der Waals surface area contributed by atoms with Gasteiger partial charge in [-0.05, 0) is 37.1 Å². The third-order valence-corrected chi connectivity index (χ3v) is 2.66. The van der Waals surface area contributed by atoms with Crippen LogP contribution < -0.4 is 0 Å². The summed E-state index contributed by atoms with van der Waals surface area (Å²) in [6.45, 7) is 8.55. The molecular weight excluding hydrogens is 172 g/mol. The van der Waals surface area contributed by atoms with Crippen molar-refractivity contribution in [2.75, 3.05) is 0 Å². The van der Waals surface area contributed by atoms with Crippen molar-refractivity contribution in [3.63, 3.8) is 0 Å². The maximum absolute atomic E-state index is 4.56. The number of fused-ring (bicyclic) bond motifs is 1. The lowest BCUT2D eigenvalue weighted by molar-refractivity contribution is 0.799. The third-order valence-electron chi connectivity index (χ3n) is 2.66. The fraction of sp³-hybridized carbons (Fsp3) is 0.417. The van der Waals surface area contributed by atoms with E-state index in [0.717, 1.165) is 16.9 Å². The van der Waals surface area contributed by atoms with E-state index in [2.05, 4.69) is 49.8 Å². The number of nitrogens with one attached hydrogen (secondary N) is 1. The van der Waals surface area contributed by atoms with Gasteiger partial charge in [-0.25, -0.2) is 4.98 Å². The zero-order valence-electron chi connectivity index (χ0n) is 9.18. The number of rotatable bonds is 1. The Kier molecular flexibility index (Phi) is 2.06. The number of H-pyrrole nitrogens is 1. The van der Waals surface area contributed by atoms with Gasteiger partial charge in [0.2, 0.25) is 0 Å². The largest absolute Gasteiger partial charge is 0.342 e. The Labute approximate surface area is 85.9 Å². The van der Waals surface area contributed by atoms with Crippen molar-refractivity contribution in [3.05, 3.63) is 29.1 Å². The summed E-state index contributed by atoms with van der Waals surface area (Å²) in [4.78, 5) is 7.91. The number of aromatic amines is 1. The second-order valence-corrected chi connectivity index (χ2v) is 4.23. The van der Waals surface area contributed by atoms with Crippen molar-refractivity contribution in [1.29, 1.82) is 0 Å². The Bertz CT molecular complexity index is 433. The summed E-state index contributed by atoms with van der Waals surface area (Å²) < 4.78 is 0. The monoisotopic (exact) mass is 190 g/mol. The topological polar surface area (TPSA) is 28.7 Å². The van der Waals surface area contributed by atoms with Crippen LogP contribution >= 0.6 is 0 Å². The lowest BCUT2D eigenvalue weighted by atomic mass is 10.1. The molecule has 0 aliphatic rings. The van der Waals surface area contributed by atoms with E-state index in [4.69, 9.17) is 0 Å². The minimum atomic E-state index is 0. The molecule has 2 heteroatoms. The maximum atomic E-state index is 4.56. The number of hydrogen-bond donors (Lipinski definition) is 1. The molecule has 0 spiro atoms. The fourth-order valence-electron chi connectivity index (χ4n) is 1.56. The van der Waals surface area contributed by atoms with Gasteiger partial charge in [-0.15, -0.1) is 0 Å². The molecule has 0 saturated carbocycles. The van der Waals surface area contributed by atoms with Crippen LogP contribution in [0.2, 0.25) is 0 Å². The predicted octanol–water partition coefficient (Wildman–Crippen LogP) is 3.55. The number of nitrogens with zero attached hydrogens (tertiary/aromatic N) is 1. The molecule has 0 bridgehead atoms. The molecule has 0 atom stereocenters. The molecule has 1 N–H and O–H groups in total. The number of hydrogen-bond acceptors (Lipinski definition) is 1. The van der Waals surface area contributed by atoms with Gasteiger partial charge < -0.3 is 4.98 Å². The van der Waals surface area contributed by atoms with Crippen molar-refractivity contribution in [2.24, 2.45) is 0 Å². The lowest BCUT2D eigenvalue weighted by Crippen LogP contribution is -1.88. The van der Waals surface area contributed by atoms with E-state index in [0.29, 0.717) is 5.92 Å². The van der Waals surface area contributed by atoms with Gasteiger partial charge in [-0.3, -0.25) is 0 Å². The highest BCUT2D eigenvalue weighted by Gasteiger charge is 2.06. The minimum Gasteiger partial charge on any atom is -0.342 e. The molecular formula is C12H18N2. The zero-order valence-corrected chi connectivity index (χ0v) is 9.18. The molecule has 1 aromatic carbocycles. The summed E-state index contributed by atoms with van der Waals surface area (Å²) in [6, 6.07) is 4.32. The van der Waals surface area contributed by atoms with Crippen molar-refractivity contribution >= 4 is 11.0 Å². The van der Waals surface area contributed by atoms with Gasteiger partial charge >= 0.3 is 0 Å². The summed E-state index contributed by atoms with van der Waals surface area (Å²) in [7, 11) is 0. The molecule has 14 heavy (non-hydrogen) atoms. The molecule has 0 radical (unpaired) electrons. The molecule has 0 aliphatic heterocycles. The highest BCUT2D eigenvalue weighted by atomic mass is 14.9. The second-order valence-electron chi connectivity index (χ2n) is 4.23. The van der Waals surface area contributed by atoms with Crippen LogP contribution in [0, 0.1) is 13.8 Å². The first-order valence-electron chi connectivity index (χ1n) is 5.05. The van der Waals surface area contributed by atoms with Gasteiger partial charge in [-0.1, -0.05) is 13.8 Å². The standard InChI is InChI=1S/C12H16N2.H2/c1-7(2)12-13-10-5-8(3)9(4)6-11(10)14-12;/h5-7H,1-4H3,(H,13,14);1H. The fourth-order valence-corrected chi connectivity index (χ4v) is 1.56. The first kappa shape index (κ1) is 9.25. The Morgan fingerprint density at radius 1 is 1.21 bits per heavy atom. The molecule has 76 valence electrons. The molecule has 0 saturated heterocycles. The number of aryl methyl sites for hydroxylation is 2. The third kappa shape index (κ3) is 1.41. The van der Waals surface area contributed by atoms with E-state index in [-0.39, 0.29) is 1.43 Å². The van der Waals surface area contributed by atoms with E-state index in [1.165, 1.54) is 11.1 Å². The normalized spacial score (nSPS) is 11.5. The van der Waals surface area contributed by atoms with E-state index >= 15 is 0 Å². The second kappa shape index (κ2) is 3.12. The van der Waals surface area contributed by atoms with Crippen LogP contribution in [0.3, 0.4) is 0 Å². The van der Waals surface area contributed by atoms with Crippen LogP contribution in [-0.2, 0) is 0 Å². The van der Waals surface area contributed by atoms with Crippen molar-refractivity contribution in [3.8, 4) is 0 Å². The average molecular weight is 190 g/mol. The van der Waals surface area contributed by atoms with Gasteiger partial charge in [0.25, 0.3) is 0 Å². The number of aromatic nitrogens is 2. The average Bonchev–Trinajstić information content (AvgIpc) is 2.48. The number of imidazole rings is 1. The highest BCUT2D eigenvalue weighted by Crippen LogP contribution is 2.20. The summed E-state index contributed by atoms with van der Waals surface area (Å²) in [6.07, 6.45) is 0. The van der Waals surface area contributed by atoms with Gasteiger partial charge in [0.15, 0.2) is 0 Å². The van der Waals surface area contributed by atoms with Crippen LogP contribution in [0.5, 0.6) is 0 Å². The zero-order chi connectivity index (χ0) is 10.3. The molecule has 2 nitrogen and oxygen atoms in total.